The molecule has 1 unspecified atom stereocenters. The Bertz CT molecular complexity index is 611. The quantitative estimate of drug-likeness (QED) is 0.455. The van der Waals surface area contributed by atoms with Gasteiger partial charge in [0, 0.05) is 0 Å². The van der Waals surface area contributed by atoms with Crippen molar-refractivity contribution < 1.29 is 19.1 Å². The smallest absolute Gasteiger partial charge is 0.326 e. The van der Waals surface area contributed by atoms with Crippen LogP contribution in [0.5, 0.6) is 11.5 Å². The van der Waals surface area contributed by atoms with E-state index in [1.54, 1.807) is 48.5 Å². The fraction of sp³-hybridized carbons (Fsp3) is 0.300. The monoisotopic (exact) mass is 326 g/mol. The van der Waals surface area contributed by atoms with E-state index in [9.17, 15) is 9.59 Å². The lowest BCUT2D eigenvalue weighted by atomic mass is 9.85. The third-order valence-electron chi connectivity index (χ3n) is 4.01. The lowest BCUT2D eigenvalue weighted by molar-refractivity contribution is -0.154. The number of ether oxygens (including phenoxy) is 2. The Hall–Kier alpha value is -2.62. The van der Waals surface area contributed by atoms with Crippen LogP contribution >= 0.6 is 0 Å². The summed E-state index contributed by atoms with van der Waals surface area (Å²) in [5, 5.41) is 0. The predicted molar refractivity (Wildman–Crippen MR) is 91.6 cm³/mol. The minimum absolute atomic E-state index is 0.127. The molecule has 2 aromatic carbocycles. The highest BCUT2D eigenvalue weighted by molar-refractivity contribution is 5.97. The van der Waals surface area contributed by atoms with Gasteiger partial charge in [-0.05, 0) is 36.1 Å². The minimum Gasteiger partial charge on any atom is -0.426 e. The van der Waals surface area contributed by atoms with Gasteiger partial charge in [0.05, 0.1) is 0 Å². The summed E-state index contributed by atoms with van der Waals surface area (Å²) in [5.41, 5.74) is 0. The van der Waals surface area contributed by atoms with Crippen LogP contribution in [0.15, 0.2) is 60.7 Å². The summed E-state index contributed by atoms with van der Waals surface area (Å²) in [4.78, 5) is 25.1. The number of benzene rings is 2. The third kappa shape index (κ3) is 4.69. The Morgan fingerprint density at radius 3 is 1.42 bits per heavy atom. The Morgan fingerprint density at radius 1 is 0.708 bits per heavy atom. The first-order valence-electron chi connectivity index (χ1n) is 8.02. The second-order valence-electron chi connectivity index (χ2n) is 6.05. The van der Waals surface area contributed by atoms with Gasteiger partial charge in [-0.15, -0.1) is 0 Å². The molecule has 126 valence electrons. The molecule has 0 fully saturated rings. The highest BCUT2D eigenvalue weighted by Gasteiger charge is 2.37. The first-order chi connectivity index (χ1) is 11.5. The summed E-state index contributed by atoms with van der Waals surface area (Å²) < 4.78 is 10.7. The number of para-hydroxylation sites is 2. The Kier molecular flexibility index (Phi) is 6.13. The molecular weight excluding hydrogens is 304 g/mol. The van der Waals surface area contributed by atoms with Crippen molar-refractivity contribution in [3.8, 4) is 11.5 Å². The van der Waals surface area contributed by atoms with Crippen LogP contribution in [0.25, 0.3) is 0 Å². The topological polar surface area (TPSA) is 52.6 Å². The molecule has 1 atom stereocenters. The summed E-state index contributed by atoms with van der Waals surface area (Å²) in [6.07, 6.45) is 0. The molecule has 2 rings (SSSR count). The normalized spacial score (nSPS) is 12.0. The van der Waals surface area contributed by atoms with Gasteiger partial charge in [0.15, 0.2) is 5.92 Å². The summed E-state index contributed by atoms with van der Waals surface area (Å²) in [7, 11) is 0. The Labute approximate surface area is 142 Å². The van der Waals surface area contributed by atoms with E-state index in [0.29, 0.717) is 11.5 Å². The highest BCUT2D eigenvalue weighted by Crippen LogP contribution is 2.25. The maximum Gasteiger partial charge on any atom is 0.326 e. The summed E-state index contributed by atoms with van der Waals surface area (Å²) in [6, 6.07) is 17.4. The van der Waals surface area contributed by atoms with Gasteiger partial charge in [-0.2, -0.15) is 0 Å². The van der Waals surface area contributed by atoms with Crippen LogP contribution in [0.2, 0.25) is 0 Å². The largest absolute Gasteiger partial charge is 0.426 e. The van der Waals surface area contributed by atoms with E-state index >= 15 is 0 Å². The van der Waals surface area contributed by atoms with Crippen LogP contribution in [0.4, 0.5) is 0 Å². The zero-order chi connectivity index (χ0) is 17.5. The lowest BCUT2D eigenvalue weighted by Gasteiger charge is -2.23. The van der Waals surface area contributed by atoms with Crippen LogP contribution in [0, 0.1) is 17.8 Å². The molecule has 4 heteroatoms. The van der Waals surface area contributed by atoms with Crippen molar-refractivity contribution in [1.29, 1.82) is 0 Å². The average molecular weight is 326 g/mol. The first-order valence-corrected chi connectivity index (χ1v) is 8.02. The number of carbonyl (C=O) groups excluding carboxylic acids is 2. The minimum atomic E-state index is -0.981. The Balaban J connectivity index is 2.17. The maximum absolute atomic E-state index is 12.6. The van der Waals surface area contributed by atoms with Crippen LogP contribution in [-0.4, -0.2) is 11.9 Å². The maximum atomic E-state index is 12.6. The molecule has 0 aliphatic heterocycles. The van der Waals surface area contributed by atoms with E-state index in [-0.39, 0.29) is 11.8 Å². The zero-order valence-electron chi connectivity index (χ0n) is 14.1. The number of rotatable bonds is 6. The summed E-state index contributed by atoms with van der Waals surface area (Å²) in [5.74, 6) is -1.43. The molecule has 0 N–H and O–H groups in total. The molecule has 0 bridgehead atoms. The number of carbonyl (C=O) groups is 2. The molecule has 0 aliphatic carbocycles. The molecule has 4 nitrogen and oxygen atoms in total. The molecule has 24 heavy (non-hydrogen) atoms. The molecule has 0 spiro atoms. The summed E-state index contributed by atoms with van der Waals surface area (Å²) >= 11 is 0. The van der Waals surface area contributed by atoms with Crippen molar-refractivity contribution >= 4 is 11.9 Å². The van der Waals surface area contributed by atoms with Gasteiger partial charge in [0.2, 0.25) is 0 Å². The van der Waals surface area contributed by atoms with E-state index in [1.807, 2.05) is 32.9 Å². The number of hydrogen-bond acceptors (Lipinski definition) is 4. The van der Waals surface area contributed by atoms with Crippen molar-refractivity contribution in [3.05, 3.63) is 60.7 Å². The molecule has 0 aliphatic rings. The zero-order valence-corrected chi connectivity index (χ0v) is 14.1. The molecule has 0 saturated carbocycles. The van der Waals surface area contributed by atoms with Crippen molar-refractivity contribution in [2.24, 2.45) is 17.8 Å². The highest BCUT2D eigenvalue weighted by atomic mass is 16.6. The fourth-order valence-electron chi connectivity index (χ4n) is 2.25. The molecular formula is C20H22O4. The standard InChI is InChI=1S/C20H22O4/c1-14(2)15(3)18(19(21)23-16-10-6-4-7-11-16)20(22)24-17-12-8-5-9-13-17/h4-15,18H,1-3H3. The van der Waals surface area contributed by atoms with Gasteiger partial charge in [-0.3, -0.25) is 9.59 Å². The molecule has 0 saturated heterocycles. The van der Waals surface area contributed by atoms with E-state index in [4.69, 9.17) is 9.47 Å². The average Bonchev–Trinajstić information content (AvgIpc) is 2.56. The van der Waals surface area contributed by atoms with Crippen molar-refractivity contribution in [2.75, 3.05) is 0 Å². The predicted octanol–water partition coefficient (Wildman–Crippen LogP) is 4.11. The van der Waals surface area contributed by atoms with Crippen LogP contribution in [0.1, 0.15) is 20.8 Å². The molecule has 0 heterocycles. The van der Waals surface area contributed by atoms with Gasteiger partial charge >= 0.3 is 11.9 Å². The van der Waals surface area contributed by atoms with Crippen LogP contribution < -0.4 is 9.47 Å². The molecule has 2 aromatic rings. The van der Waals surface area contributed by atoms with Gasteiger partial charge < -0.3 is 9.47 Å². The second kappa shape index (κ2) is 8.29. The van der Waals surface area contributed by atoms with Crippen LogP contribution in [-0.2, 0) is 9.59 Å². The SMILES string of the molecule is CC(C)C(C)C(C(=O)Oc1ccccc1)C(=O)Oc1ccccc1. The second-order valence-corrected chi connectivity index (χ2v) is 6.05. The molecule has 0 radical (unpaired) electrons. The van der Waals surface area contributed by atoms with Gasteiger partial charge in [-0.1, -0.05) is 57.2 Å². The van der Waals surface area contributed by atoms with Crippen molar-refractivity contribution in [3.63, 3.8) is 0 Å². The van der Waals surface area contributed by atoms with Crippen molar-refractivity contribution in [1.82, 2.24) is 0 Å². The van der Waals surface area contributed by atoms with E-state index in [0.717, 1.165) is 0 Å². The van der Waals surface area contributed by atoms with Gasteiger partial charge in [0.25, 0.3) is 0 Å². The number of esters is 2. The fourth-order valence-corrected chi connectivity index (χ4v) is 2.25. The van der Waals surface area contributed by atoms with Gasteiger partial charge in [0.1, 0.15) is 11.5 Å². The van der Waals surface area contributed by atoms with E-state index in [1.165, 1.54) is 0 Å². The van der Waals surface area contributed by atoms with Crippen LogP contribution in [0.3, 0.4) is 0 Å². The molecule has 0 amide bonds. The van der Waals surface area contributed by atoms with Gasteiger partial charge in [-0.25, -0.2) is 0 Å². The number of hydrogen-bond donors (Lipinski definition) is 0. The summed E-state index contributed by atoms with van der Waals surface area (Å²) in [6.45, 7) is 5.78. The lowest BCUT2D eigenvalue weighted by Crippen LogP contribution is -2.38. The first kappa shape index (κ1) is 17.7. The van der Waals surface area contributed by atoms with E-state index in [2.05, 4.69) is 0 Å². The van der Waals surface area contributed by atoms with E-state index < -0.39 is 17.9 Å². The molecule has 0 aromatic heterocycles. The Morgan fingerprint density at radius 2 is 1.08 bits per heavy atom. The third-order valence-corrected chi connectivity index (χ3v) is 4.01. The van der Waals surface area contributed by atoms with Crippen molar-refractivity contribution in [2.45, 2.75) is 20.8 Å².